The number of nitrogens with one attached hydrogen (secondary N) is 1. The van der Waals surface area contributed by atoms with Crippen molar-refractivity contribution < 1.29 is 0 Å². The van der Waals surface area contributed by atoms with E-state index in [4.69, 9.17) is 0 Å². The molecule has 3 heteroatoms. The number of rotatable bonds is 7. The minimum Gasteiger partial charge on any atom is -0.311 e. The normalized spacial score (nSPS) is 18.5. The van der Waals surface area contributed by atoms with Gasteiger partial charge in [0.15, 0.2) is 0 Å². The molecule has 140 valence electrons. The summed E-state index contributed by atoms with van der Waals surface area (Å²) in [7, 11) is -0.473. The molecule has 0 spiro atoms. The second-order valence-electron chi connectivity index (χ2n) is 6.92. The van der Waals surface area contributed by atoms with Crippen LogP contribution in [0.2, 0.25) is 0 Å². The van der Waals surface area contributed by atoms with Crippen LogP contribution < -0.4 is 15.9 Å². The molecule has 0 fully saturated rings. The third kappa shape index (κ3) is 4.65. The van der Waals surface area contributed by atoms with Gasteiger partial charge in [-0.05, 0) is 30.7 Å². The number of pyridine rings is 1. The molecule has 1 heterocycles. The van der Waals surface area contributed by atoms with E-state index >= 15 is 0 Å². The van der Waals surface area contributed by atoms with Gasteiger partial charge in [0.1, 0.15) is 0 Å². The van der Waals surface area contributed by atoms with Gasteiger partial charge in [0.25, 0.3) is 0 Å². The van der Waals surface area contributed by atoms with E-state index in [-0.39, 0.29) is 0 Å². The van der Waals surface area contributed by atoms with Crippen molar-refractivity contribution in [1.82, 2.24) is 10.3 Å². The largest absolute Gasteiger partial charge is 0.311 e. The molecular formula is C25H25N2P. The highest BCUT2D eigenvalue weighted by atomic mass is 31.1. The predicted octanol–water partition coefficient (Wildman–Crippen LogP) is 4.41. The smallest absolute Gasteiger partial charge is 0.0541 e. The van der Waals surface area contributed by atoms with Gasteiger partial charge in [-0.15, -0.1) is 0 Å². The van der Waals surface area contributed by atoms with Crippen LogP contribution >= 0.6 is 7.92 Å². The monoisotopic (exact) mass is 384 g/mol. The summed E-state index contributed by atoms with van der Waals surface area (Å²) in [5, 5.41) is 6.49. The molecule has 0 saturated heterocycles. The summed E-state index contributed by atoms with van der Waals surface area (Å²) >= 11 is 0. The average molecular weight is 384 g/mol. The summed E-state index contributed by atoms with van der Waals surface area (Å²) in [5.41, 5.74) is 1.56. The Morgan fingerprint density at radius 2 is 1.39 bits per heavy atom. The van der Waals surface area contributed by atoms with Crippen LogP contribution in [0.15, 0.2) is 109 Å². The Hall–Kier alpha value is -2.54. The maximum absolute atomic E-state index is 4.42. The third-order valence-corrected chi connectivity index (χ3v) is 7.86. The van der Waals surface area contributed by atoms with Gasteiger partial charge >= 0.3 is 0 Å². The number of hydrogen-bond donors (Lipinski definition) is 1. The lowest BCUT2D eigenvalue weighted by Gasteiger charge is -2.33. The molecule has 4 rings (SSSR count). The Morgan fingerprint density at radius 3 is 2.04 bits per heavy atom. The molecule has 1 aromatic heterocycles. The molecular weight excluding hydrogens is 359 g/mol. The van der Waals surface area contributed by atoms with Gasteiger partial charge in [-0.2, -0.15) is 0 Å². The van der Waals surface area contributed by atoms with Crippen LogP contribution in [-0.2, 0) is 6.54 Å². The molecule has 2 aromatic carbocycles. The van der Waals surface area contributed by atoms with Gasteiger partial charge in [0.2, 0.25) is 0 Å². The van der Waals surface area contributed by atoms with E-state index in [1.165, 1.54) is 10.6 Å². The number of aromatic nitrogens is 1. The summed E-state index contributed by atoms with van der Waals surface area (Å²) in [6.45, 7) is 1.75. The van der Waals surface area contributed by atoms with E-state index in [0.29, 0.717) is 11.6 Å². The van der Waals surface area contributed by atoms with Crippen molar-refractivity contribution in [3.63, 3.8) is 0 Å². The van der Waals surface area contributed by atoms with Gasteiger partial charge in [0, 0.05) is 30.9 Å². The highest BCUT2D eigenvalue weighted by Crippen LogP contribution is 2.45. The topological polar surface area (TPSA) is 24.9 Å². The van der Waals surface area contributed by atoms with Crippen molar-refractivity contribution >= 4 is 18.5 Å². The zero-order valence-electron chi connectivity index (χ0n) is 15.9. The summed E-state index contributed by atoms with van der Waals surface area (Å²) in [6, 6.07) is 28.0. The molecule has 0 bridgehead atoms. The predicted molar refractivity (Wildman–Crippen MR) is 121 cm³/mol. The average Bonchev–Trinajstić information content (AvgIpc) is 2.77. The Morgan fingerprint density at radius 1 is 0.750 bits per heavy atom. The Bertz CT molecular complexity index is 868. The van der Waals surface area contributed by atoms with Crippen LogP contribution in [0, 0.1) is 5.92 Å². The summed E-state index contributed by atoms with van der Waals surface area (Å²) in [6.07, 6.45) is 11.0. The van der Waals surface area contributed by atoms with E-state index in [1.807, 2.05) is 18.3 Å². The van der Waals surface area contributed by atoms with E-state index < -0.39 is 7.92 Å². The molecule has 2 unspecified atom stereocenters. The van der Waals surface area contributed by atoms with Crippen LogP contribution in [0.1, 0.15) is 5.69 Å². The SMILES string of the molecule is C1=CC(CNCc2ccccn2)C(P(c2ccccc2)c2ccccc2)C=C1. The Labute approximate surface area is 168 Å². The molecule has 28 heavy (non-hydrogen) atoms. The van der Waals surface area contributed by atoms with Gasteiger partial charge in [0.05, 0.1) is 5.69 Å². The van der Waals surface area contributed by atoms with Crippen LogP contribution in [0.5, 0.6) is 0 Å². The standard InChI is InChI=1S/C25H25N2P/c1-3-13-23(14-4-1)28(24-15-5-2-6-16-24)25-17-8-7-11-21(25)19-26-20-22-12-9-10-18-27-22/h1-18,21,25-26H,19-20H2. The number of allylic oxidation sites excluding steroid dienone is 3. The third-order valence-electron chi connectivity index (χ3n) is 5.00. The first-order valence-corrected chi connectivity index (χ1v) is 11.2. The molecule has 0 saturated carbocycles. The fourth-order valence-corrected chi connectivity index (χ4v) is 6.48. The second-order valence-corrected chi connectivity index (χ2v) is 9.29. The number of benzene rings is 2. The summed E-state index contributed by atoms with van der Waals surface area (Å²) in [4.78, 5) is 4.42. The first-order chi connectivity index (χ1) is 13.9. The molecule has 1 aliphatic carbocycles. The van der Waals surface area contributed by atoms with Crippen LogP contribution in [-0.4, -0.2) is 17.2 Å². The van der Waals surface area contributed by atoms with E-state index in [9.17, 15) is 0 Å². The summed E-state index contributed by atoms with van der Waals surface area (Å²) < 4.78 is 0. The molecule has 3 aromatic rings. The molecule has 0 amide bonds. The maximum Gasteiger partial charge on any atom is 0.0541 e. The van der Waals surface area contributed by atoms with Crippen molar-refractivity contribution in [1.29, 1.82) is 0 Å². The van der Waals surface area contributed by atoms with Crippen molar-refractivity contribution in [2.24, 2.45) is 5.92 Å². The molecule has 2 nitrogen and oxygen atoms in total. The molecule has 1 aliphatic rings. The highest BCUT2D eigenvalue weighted by Gasteiger charge is 2.29. The van der Waals surface area contributed by atoms with Crippen molar-refractivity contribution in [3.8, 4) is 0 Å². The molecule has 1 N–H and O–H groups in total. The molecule has 0 radical (unpaired) electrons. The van der Waals surface area contributed by atoms with Crippen LogP contribution in [0.25, 0.3) is 0 Å². The van der Waals surface area contributed by atoms with E-state index in [2.05, 4.69) is 101 Å². The Balaban J connectivity index is 1.55. The van der Waals surface area contributed by atoms with Crippen LogP contribution in [0.3, 0.4) is 0 Å². The van der Waals surface area contributed by atoms with Crippen molar-refractivity contribution in [2.45, 2.75) is 12.2 Å². The Kier molecular flexibility index (Phi) is 6.44. The fraction of sp³-hybridized carbons (Fsp3) is 0.160. The van der Waals surface area contributed by atoms with Gasteiger partial charge in [-0.1, -0.05) is 91.0 Å². The number of nitrogens with zero attached hydrogens (tertiary/aromatic N) is 1. The lowest BCUT2D eigenvalue weighted by atomic mass is 10.0. The maximum atomic E-state index is 4.42. The quantitative estimate of drug-likeness (QED) is 0.610. The first kappa shape index (κ1) is 18.8. The van der Waals surface area contributed by atoms with Crippen LogP contribution in [0.4, 0.5) is 0 Å². The molecule has 2 atom stereocenters. The van der Waals surface area contributed by atoms with E-state index in [1.54, 1.807) is 0 Å². The van der Waals surface area contributed by atoms with E-state index in [0.717, 1.165) is 18.8 Å². The minimum atomic E-state index is -0.473. The number of hydrogen-bond acceptors (Lipinski definition) is 2. The second kappa shape index (κ2) is 9.59. The zero-order chi connectivity index (χ0) is 19.0. The van der Waals surface area contributed by atoms with Crippen molar-refractivity contribution in [3.05, 3.63) is 115 Å². The molecule has 0 aliphatic heterocycles. The summed E-state index contributed by atoms with van der Waals surface area (Å²) in [5.74, 6) is 0.459. The van der Waals surface area contributed by atoms with Gasteiger partial charge in [-0.25, -0.2) is 0 Å². The fourth-order valence-electron chi connectivity index (χ4n) is 3.65. The van der Waals surface area contributed by atoms with Gasteiger partial charge in [-0.3, -0.25) is 4.98 Å². The zero-order valence-corrected chi connectivity index (χ0v) is 16.8. The highest BCUT2D eigenvalue weighted by molar-refractivity contribution is 7.73. The lowest BCUT2D eigenvalue weighted by Crippen LogP contribution is -2.33. The lowest BCUT2D eigenvalue weighted by molar-refractivity contribution is 0.560. The van der Waals surface area contributed by atoms with Crippen molar-refractivity contribution in [2.75, 3.05) is 6.54 Å². The minimum absolute atomic E-state index is 0.459. The first-order valence-electron chi connectivity index (χ1n) is 9.77. The van der Waals surface area contributed by atoms with Gasteiger partial charge < -0.3 is 5.32 Å².